The van der Waals surface area contributed by atoms with Gasteiger partial charge in [0.2, 0.25) is 5.91 Å². The van der Waals surface area contributed by atoms with E-state index in [1.807, 2.05) is 0 Å². The fourth-order valence-corrected chi connectivity index (χ4v) is 3.17. The molecule has 1 aromatic rings. The van der Waals surface area contributed by atoms with E-state index in [9.17, 15) is 4.79 Å². The molecule has 1 heterocycles. The molecule has 22 heavy (non-hydrogen) atoms. The lowest BCUT2D eigenvalue weighted by Gasteiger charge is -2.24. The van der Waals surface area contributed by atoms with Gasteiger partial charge in [-0.05, 0) is 30.9 Å². The smallest absolute Gasteiger partial charge is 0.221 e. The Balaban J connectivity index is 0.00000176. The maximum Gasteiger partial charge on any atom is 0.221 e. The number of hydrogen-bond acceptors (Lipinski definition) is 3. The number of carbonyl (C=O) groups excluding carboxylic acids is 1. The van der Waals surface area contributed by atoms with E-state index >= 15 is 0 Å². The second-order valence-corrected chi connectivity index (χ2v) is 6.30. The van der Waals surface area contributed by atoms with Crippen LogP contribution in [0.2, 0.25) is 0 Å². The molecule has 1 aliphatic heterocycles. The van der Waals surface area contributed by atoms with E-state index in [0.29, 0.717) is 13.0 Å². The summed E-state index contributed by atoms with van der Waals surface area (Å²) in [6, 6.07) is 8.67. The molecular formula is C17H25ClN2O2. The van der Waals surface area contributed by atoms with Crippen LogP contribution in [0.4, 0.5) is 0 Å². The zero-order valence-corrected chi connectivity index (χ0v) is 13.9. The Morgan fingerprint density at radius 2 is 2.18 bits per heavy atom. The predicted molar refractivity (Wildman–Crippen MR) is 89.6 cm³/mol. The molecule has 2 aliphatic rings. The van der Waals surface area contributed by atoms with E-state index in [0.717, 1.165) is 19.7 Å². The highest BCUT2D eigenvalue weighted by molar-refractivity contribution is 5.85. The fraction of sp³-hybridized carbons (Fsp3) is 0.588. The third-order valence-corrected chi connectivity index (χ3v) is 4.62. The molecule has 4 nitrogen and oxygen atoms in total. The van der Waals surface area contributed by atoms with Crippen molar-refractivity contribution in [2.45, 2.75) is 37.6 Å². The van der Waals surface area contributed by atoms with Crippen LogP contribution in [0.5, 0.6) is 0 Å². The minimum absolute atomic E-state index is 0. The van der Waals surface area contributed by atoms with Crippen molar-refractivity contribution in [3.05, 3.63) is 35.4 Å². The summed E-state index contributed by atoms with van der Waals surface area (Å²) in [5.74, 6) is 0.123. The van der Waals surface area contributed by atoms with Gasteiger partial charge < -0.3 is 15.4 Å². The van der Waals surface area contributed by atoms with Gasteiger partial charge in [0.1, 0.15) is 0 Å². The molecule has 1 saturated heterocycles. The van der Waals surface area contributed by atoms with Gasteiger partial charge in [0.15, 0.2) is 0 Å². The highest BCUT2D eigenvalue weighted by Crippen LogP contribution is 2.48. The zero-order chi connectivity index (χ0) is 14.7. The molecule has 1 saturated carbocycles. The van der Waals surface area contributed by atoms with Crippen molar-refractivity contribution in [3.8, 4) is 0 Å². The molecular weight excluding hydrogens is 300 g/mol. The molecule has 1 aliphatic carbocycles. The molecule has 0 bridgehead atoms. The first-order valence-corrected chi connectivity index (χ1v) is 7.84. The van der Waals surface area contributed by atoms with Crippen LogP contribution in [-0.4, -0.2) is 38.3 Å². The average molecular weight is 325 g/mol. The van der Waals surface area contributed by atoms with Gasteiger partial charge in [-0.1, -0.05) is 24.3 Å². The van der Waals surface area contributed by atoms with Gasteiger partial charge in [-0.25, -0.2) is 0 Å². The monoisotopic (exact) mass is 324 g/mol. The Kier molecular flexibility index (Phi) is 5.84. The van der Waals surface area contributed by atoms with E-state index in [4.69, 9.17) is 4.74 Å². The van der Waals surface area contributed by atoms with Crippen LogP contribution < -0.4 is 10.6 Å². The van der Waals surface area contributed by atoms with Gasteiger partial charge in [0.25, 0.3) is 0 Å². The lowest BCUT2D eigenvalue weighted by molar-refractivity contribution is -0.122. The third kappa shape index (κ3) is 4.00. The molecule has 3 rings (SSSR count). The van der Waals surface area contributed by atoms with Crippen molar-refractivity contribution in [2.75, 3.05) is 26.3 Å². The molecule has 1 unspecified atom stereocenters. The summed E-state index contributed by atoms with van der Waals surface area (Å²) in [6.45, 7) is 5.13. The summed E-state index contributed by atoms with van der Waals surface area (Å²) >= 11 is 0. The van der Waals surface area contributed by atoms with Crippen molar-refractivity contribution in [2.24, 2.45) is 0 Å². The molecule has 0 spiro atoms. The first kappa shape index (κ1) is 17.3. The molecule has 0 radical (unpaired) electrons. The van der Waals surface area contributed by atoms with Crippen molar-refractivity contribution < 1.29 is 9.53 Å². The Hall–Kier alpha value is -1.10. The van der Waals surface area contributed by atoms with Crippen molar-refractivity contribution in [1.29, 1.82) is 0 Å². The topological polar surface area (TPSA) is 50.4 Å². The van der Waals surface area contributed by atoms with E-state index < -0.39 is 0 Å². The minimum atomic E-state index is 0. The average Bonchev–Trinajstić information content (AvgIpc) is 3.28. The molecule has 5 heteroatoms. The van der Waals surface area contributed by atoms with Gasteiger partial charge >= 0.3 is 0 Å². The predicted octanol–water partition coefficient (Wildman–Crippen LogP) is 1.94. The number of halogens is 1. The number of morpholine rings is 1. The van der Waals surface area contributed by atoms with Crippen LogP contribution in [-0.2, 0) is 14.9 Å². The number of nitrogens with one attached hydrogen (secondary N) is 2. The lowest BCUT2D eigenvalue weighted by Crippen LogP contribution is -2.45. The SMILES string of the molecule is Cc1ccccc1C1(CNC(=O)CC2COCCN2)CC1.Cl. The summed E-state index contributed by atoms with van der Waals surface area (Å²) in [5.41, 5.74) is 2.90. The quantitative estimate of drug-likeness (QED) is 0.870. The van der Waals surface area contributed by atoms with Crippen LogP contribution in [0.3, 0.4) is 0 Å². The zero-order valence-electron chi connectivity index (χ0n) is 13.1. The van der Waals surface area contributed by atoms with E-state index in [2.05, 4.69) is 41.8 Å². The largest absolute Gasteiger partial charge is 0.378 e. The standard InChI is InChI=1S/C17H24N2O2.ClH/c1-13-4-2-3-5-15(13)17(6-7-17)12-19-16(20)10-14-11-21-9-8-18-14;/h2-5,14,18H,6-12H2,1H3,(H,19,20);1H. The molecule has 2 N–H and O–H groups in total. The maximum absolute atomic E-state index is 12.1. The second-order valence-electron chi connectivity index (χ2n) is 6.30. The molecule has 122 valence electrons. The Labute approximate surface area is 138 Å². The highest BCUT2D eigenvalue weighted by atomic mass is 35.5. The first-order valence-electron chi connectivity index (χ1n) is 7.84. The highest BCUT2D eigenvalue weighted by Gasteiger charge is 2.45. The van der Waals surface area contributed by atoms with Crippen molar-refractivity contribution in [3.63, 3.8) is 0 Å². The number of benzene rings is 1. The number of hydrogen-bond donors (Lipinski definition) is 2. The summed E-state index contributed by atoms with van der Waals surface area (Å²) in [6.07, 6.45) is 2.84. The summed E-state index contributed by atoms with van der Waals surface area (Å²) < 4.78 is 5.38. The van der Waals surface area contributed by atoms with Gasteiger partial charge in [0, 0.05) is 31.0 Å². The number of amides is 1. The molecule has 2 fully saturated rings. The van der Waals surface area contributed by atoms with Gasteiger partial charge in [0.05, 0.1) is 13.2 Å². The number of carbonyl (C=O) groups is 1. The minimum Gasteiger partial charge on any atom is -0.378 e. The van der Waals surface area contributed by atoms with Gasteiger partial charge in [-0.3, -0.25) is 4.79 Å². The third-order valence-electron chi connectivity index (χ3n) is 4.62. The normalized spacial score (nSPS) is 22.5. The van der Waals surface area contributed by atoms with Crippen LogP contribution in [0.1, 0.15) is 30.4 Å². The fourth-order valence-electron chi connectivity index (χ4n) is 3.17. The van der Waals surface area contributed by atoms with Crippen LogP contribution >= 0.6 is 12.4 Å². The van der Waals surface area contributed by atoms with E-state index in [1.54, 1.807) is 0 Å². The molecule has 1 atom stereocenters. The van der Waals surface area contributed by atoms with Crippen molar-refractivity contribution in [1.82, 2.24) is 10.6 Å². The number of rotatable bonds is 5. The van der Waals surface area contributed by atoms with E-state index in [1.165, 1.54) is 24.0 Å². The number of aryl methyl sites for hydroxylation is 1. The Bertz CT molecular complexity index is 511. The van der Waals surface area contributed by atoms with Gasteiger partial charge in [-0.2, -0.15) is 0 Å². The molecule has 1 amide bonds. The van der Waals surface area contributed by atoms with E-state index in [-0.39, 0.29) is 29.8 Å². The van der Waals surface area contributed by atoms with Crippen molar-refractivity contribution >= 4 is 18.3 Å². The summed E-state index contributed by atoms with van der Waals surface area (Å²) in [5, 5.41) is 6.44. The lowest BCUT2D eigenvalue weighted by atomic mass is 9.92. The molecule has 0 aromatic heterocycles. The van der Waals surface area contributed by atoms with Crippen LogP contribution in [0.15, 0.2) is 24.3 Å². The first-order chi connectivity index (χ1) is 10.2. The second kappa shape index (κ2) is 7.44. The Morgan fingerprint density at radius 3 is 2.82 bits per heavy atom. The summed E-state index contributed by atoms with van der Waals surface area (Å²) in [7, 11) is 0. The molecule has 1 aromatic carbocycles. The van der Waals surface area contributed by atoms with Crippen LogP contribution in [0, 0.1) is 6.92 Å². The Morgan fingerprint density at radius 1 is 1.41 bits per heavy atom. The summed E-state index contributed by atoms with van der Waals surface area (Å²) in [4.78, 5) is 12.1. The maximum atomic E-state index is 12.1. The number of ether oxygens (including phenoxy) is 1. The van der Waals surface area contributed by atoms with Gasteiger partial charge in [-0.15, -0.1) is 12.4 Å². The van der Waals surface area contributed by atoms with Crippen LogP contribution in [0.25, 0.3) is 0 Å².